The third kappa shape index (κ3) is 3.73. The molecule has 24 heavy (non-hydrogen) atoms. The van der Waals surface area contributed by atoms with Gasteiger partial charge in [0.25, 0.3) is 5.91 Å². The molecule has 3 N–H and O–H groups in total. The Morgan fingerprint density at radius 1 is 1.50 bits per heavy atom. The molecule has 1 fully saturated rings. The Kier molecular flexibility index (Phi) is 5.10. The largest absolute Gasteiger partial charge is 0.427 e. The van der Waals surface area contributed by atoms with Crippen LogP contribution in [0.2, 0.25) is 0 Å². The van der Waals surface area contributed by atoms with Crippen molar-refractivity contribution in [3.8, 4) is 0 Å². The van der Waals surface area contributed by atoms with Gasteiger partial charge in [-0.2, -0.15) is 0 Å². The fourth-order valence-corrected chi connectivity index (χ4v) is 3.02. The van der Waals surface area contributed by atoms with Crippen LogP contribution >= 0.6 is 0 Å². The summed E-state index contributed by atoms with van der Waals surface area (Å²) in [6.07, 6.45) is 6.02. The molecule has 0 radical (unpaired) electrons. The van der Waals surface area contributed by atoms with Gasteiger partial charge >= 0.3 is 5.63 Å². The molecule has 7 heteroatoms. The Morgan fingerprint density at radius 2 is 2.38 bits per heavy atom. The van der Waals surface area contributed by atoms with E-state index >= 15 is 0 Å². The highest BCUT2D eigenvalue weighted by molar-refractivity contribution is 5.95. The maximum Gasteiger partial charge on any atom is 0.349 e. The molecule has 1 unspecified atom stereocenters. The van der Waals surface area contributed by atoms with Gasteiger partial charge in [0.15, 0.2) is 0 Å². The number of rotatable bonds is 5. The van der Waals surface area contributed by atoms with Gasteiger partial charge in [0, 0.05) is 37.8 Å². The normalized spacial score (nSPS) is 17.6. The summed E-state index contributed by atoms with van der Waals surface area (Å²) in [6, 6.07) is 1.82. The van der Waals surface area contributed by atoms with Gasteiger partial charge in [-0.3, -0.25) is 4.79 Å². The first-order valence-electron chi connectivity index (χ1n) is 8.27. The number of H-pyrrole nitrogens is 1. The van der Waals surface area contributed by atoms with E-state index in [1.54, 1.807) is 19.3 Å². The minimum absolute atomic E-state index is 0.0852. The van der Waals surface area contributed by atoms with E-state index in [0.717, 1.165) is 31.8 Å². The van der Waals surface area contributed by atoms with E-state index in [1.165, 1.54) is 0 Å². The first-order valence-corrected chi connectivity index (χ1v) is 8.27. The minimum atomic E-state index is -0.564. The number of hydrogen-bond donors (Lipinski definition) is 3. The van der Waals surface area contributed by atoms with Crippen LogP contribution in [0.1, 0.15) is 46.3 Å². The lowest BCUT2D eigenvalue weighted by Gasteiger charge is -2.22. The second kappa shape index (κ2) is 7.44. The lowest BCUT2D eigenvalue weighted by molar-refractivity contribution is 0.0948. The lowest BCUT2D eigenvalue weighted by Crippen LogP contribution is -2.32. The van der Waals surface area contributed by atoms with Crippen LogP contribution in [0.4, 0.5) is 0 Å². The third-order valence-corrected chi connectivity index (χ3v) is 4.30. The summed E-state index contributed by atoms with van der Waals surface area (Å²) in [5.41, 5.74) is 0.176. The molecule has 0 saturated carbocycles. The molecule has 7 nitrogen and oxygen atoms in total. The van der Waals surface area contributed by atoms with Gasteiger partial charge in [0.1, 0.15) is 17.1 Å². The predicted octanol–water partition coefficient (Wildman–Crippen LogP) is 1.11. The van der Waals surface area contributed by atoms with Gasteiger partial charge in [-0.15, -0.1) is 0 Å². The number of carbonyl (C=O) groups excluding carboxylic acids is 1. The van der Waals surface area contributed by atoms with Crippen LogP contribution in [0.25, 0.3) is 0 Å². The maximum absolute atomic E-state index is 12.3. The summed E-state index contributed by atoms with van der Waals surface area (Å²) in [5, 5.41) is 6.05. The number of nitrogens with one attached hydrogen (secondary N) is 3. The highest BCUT2D eigenvalue weighted by Gasteiger charge is 2.22. The number of carbonyl (C=O) groups is 1. The van der Waals surface area contributed by atoms with E-state index in [2.05, 4.69) is 20.6 Å². The number of aryl methyl sites for hydroxylation is 1. The van der Waals surface area contributed by atoms with Crippen LogP contribution in [-0.2, 0) is 6.42 Å². The summed E-state index contributed by atoms with van der Waals surface area (Å²) >= 11 is 0. The molecule has 3 rings (SSSR count). The molecule has 128 valence electrons. The quantitative estimate of drug-likeness (QED) is 0.762. The van der Waals surface area contributed by atoms with Gasteiger partial charge in [0.05, 0.1) is 0 Å². The molecular formula is C17H22N4O3. The zero-order valence-corrected chi connectivity index (χ0v) is 13.7. The van der Waals surface area contributed by atoms with Crippen LogP contribution < -0.4 is 16.3 Å². The molecule has 1 saturated heterocycles. The number of aromatic nitrogens is 2. The van der Waals surface area contributed by atoms with Crippen molar-refractivity contribution >= 4 is 5.91 Å². The summed E-state index contributed by atoms with van der Waals surface area (Å²) < 4.78 is 5.43. The van der Waals surface area contributed by atoms with Gasteiger partial charge in [0.2, 0.25) is 0 Å². The van der Waals surface area contributed by atoms with Gasteiger partial charge in [-0.1, -0.05) is 0 Å². The Morgan fingerprint density at radius 3 is 3.04 bits per heavy atom. The molecule has 1 atom stereocenters. The monoisotopic (exact) mass is 330 g/mol. The molecule has 3 heterocycles. The van der Waals surface area contributed by atoms with Crippen LogP contribution in [-0.4, -0.2) is 35.5 Å². The lowest BCUT2D eigenvalue weighted by atomic mass is 9.95. The molecule has 1 aliphatic heterocycles. The molecule has 0 aliphatic carbocycles. The highest BCUT2D eigenvalue weighted by Crippen LogP contribution is 2.23. The van der Waals surface area contributed by atoms with Crippen molar-refractivity contribution in [1.82, 2.24) is 20.6 Å². The van der Waals surface area contributed by atoms with Crippen molar-refractivity contribution in [3.63, 3.8) is 0 Å². The van der Waals surface area contributed by atoms with Crippen LogP contribution in [0, 0.1) is 6.92 Å². The van der Waals surface area contributed by atoms with E-state index in [9.17, 15) is 9.59 Å². The second-order valence-corrected chi connectivity index (χ2v) is 6.08. The first-order chi connectivity index (χ1) is 11.6. The van der Waals surface area contributed by atoms with Crippen LogP contribution in [0.5, 0.6) is 0 Å². The summed E-state index contributed by atoms with van der Waals surface area (Å²) in [6.45, 7) is 3.98. The number of nitrogens with zero attached hydrogens (tertiary/aromatic N) is 1. The Hall–Kier alpha value is -2.41. The van der Waals surface area contributed by atoms with Gasteiger partial charge in [-0.05, 0) is 37.9 Å². The van der Waals surface area contributed by atoms with Crippen molar-refractivity contribution in [3.05, 3.63) is 51.6 Å². The van der Waals surface area contributed by atoms with Crippen LogP contribution in [0.3, 0.4) is 0 Å². The molecule has 2 aromatic rings. The number of aromatic amines is 1. The minimum Gasteiger partial charge on any atom is -0.427 e. The molecule has 1 amide bonds. The summed E-state index contributed by atoms with van der Waals surface area (Å²) in [5.74, 6) is 1.25. The Labute approximate surface area is 139 Å². The van der Waals surface area contributed by atoms with Crippen molar-refractivity contribution in [2.24, 2.45) is 0 Å². The summed E-state index contributed by atoms with van der Waals surface area (Å²) in [4.78, 5) is 31.6. The van der Waals surface area contributed by atoms with Gasteiger partial charge < -0.3 is 20.0 Å². The van der Waals surface area contributed by atoms with E-state index in [4.69, 9.17) is 4.42 Å². The number of piperidine rings is 1. The van der Waals surface area contributed by atoms with E-state index < -0.39 is 11.5 Å². The zero-order chi connectivity index (χ0) is 16.9. The predicted molar refractivity (Wildman–Crippen MR) is 89.2 cm³/mol. The van der Waals surface area contributed by atoms with Crippen molar-refractivity contribution < 1.29 is 9.21 Å². The van der Waals surface area contributed by atoms with Crippen LogP contribution in [0.15, 0.2) is 27.7 Å². The number of amides is 1. The SMILES string of the molecule is Cc1cc(C2CCCNC2)oc(=O)c1C(=O)NCCc1ncc[nH]1. The first kappa shape index (κ1) is 16.4. The molecule has 0 aromatic carbocycles. The van der Waals surface area contributed by atoms with Gasteiger partial charge in [-0.25, -0.2) is 9.78 Å². The Balaban J connectivity index is 1.68. The highest BCUT2D eigenvalue weighted by atomic mass is 16.4. The molecule has 0 spiro atoms. The third-order valence-electron chi connectivity index (χ3n) is 4.30. The Bertz CT molecular complexity index is 746. The van der Waals surface area contributed by atoms with Crippen molar-refractivity contribution in [1.29, 1.82) is 0 Å². The zero-order valence-electron chi connectivity index (χ0n) is 13.7. The van der Waals surface area contributed by atoms with E-state index in [-0.39, 0.29) is 11.5 Å². The average Bonchev–Trinajstić information content (AvgIpc) is 3.08. The molecule has 1 aliphatic rings. The molecule has 0 bridgehead atoms. The fraction of sp³-hybridized carbons (Fsp3) is 0.471. The number of hydrogen-bond acceptors (Lipinski definition) is 5. The topological polar surface area (TPSA) is 100 Å². The van der Waals surface area contributed by atoms with E-state index in [0.29, 0.717) is 24.3 Å². The summed E-state index contributed by atoms with van der Waals surface area (Å²) in [7, 11) is 0. The standard InChI is InChI=1S/C17H22N4O3/c1-11-9-13(12-3-2-5-18-10-12)24-17(23)15(11)16(22)21-6-4-14-19-7-8-20-14/h7-9,12,18H,2-6,10H2,1H3,(H,19,20)(H,21,22). The maximum atomic E-state index is 12.3. The fourth-order valence-electron chi connectivity index (χ4n) is 3.02. The van der Waals surface area contributed by atoms with Crippen molar-refractivity contribution in [2.75, 3.05) is 19.6 Å². The van der Waals surface area contributed by atoms with Crippen molar-refractivity contribution in [2.45, 2.75) is 32.1 Å². The average molecular weight is 330 g/mol. The molecule has 2 aromatic heterocycles. The second-order valence-electron chi connectivity index (χ2n) is 6.08. The molecular weight excluding hydrogens is 308 g/mol. The smallest absolute Gasteiger partial charge is 0.349 e. The van der Waals surface area contributed by atoms with E-state index in [1.807, 2.05) is 6.07 Å². The number of imidazole rings is 1.